The lowest BCUT2D eigenvalue weighted by Crippen LogP contribution is -2.40. The van der Waals surface area contributed by atoms with Crippen LogP contribution in [-0.4, -0.2) is 23.7 Å². The molecule has 152 valence electrons. The van der Waals surface area contributed by atoms with E-state index in [1.165, 1.54) is 5.56 Å². The van der Waals surface area contributed by atoms with E-state index in [1.54, 1.807) is 0 Å². The van der Waals surface area contributed by atoms with Crippen molar-refractivity contribution in [2.75, 3.05) is 6.61 Å². The van der Waals surface area contributed by atoms with Gasteiger partial charge in [0, 0.05) is 11.0 Å². The highest BCUT2D eigenvalue weighted by Gasteiger charge is 2.21. The summed E-state index contributed by atoms with van der Waals surface area (Å²) in [6.07, 6.45) is 0. The van der Waals surface area contributed by atoms with Gasteiger partial charge in [-0.2, -0.15) is 0 Å². The van der Waals surface area contributed by atoms with E-state index in [0.29, 0.717) is 31.3 Å². The first-order valence-electron chi connectivity index (χ1n) is 9.42. The summed E-state index contributed by atoms with van der Waals surface area (Å²) in [6.45, 7) is 9.12. The number of aryl methyl sites for hydroxylation is 1. The highest BCUT2D eigenvalue weighted by molar-refractivity contribution is 9.10. The zero-order chi connectivity index (χ0) is 20.7. The molecule has 0 aliphatic rings. The number of hydrogen-bond donors (Lipinski definition) is 2. The summed E-state index contributed by atoms with van der Waals surface area (Å²) in [5.41, 5.74) is 3.21. The van der Waals surface area contributed by atoms with Crippen molar-refractivity contribution in [2.45, 2.75) is 46.9 Å². The number of aliphatic carboxylic acids is 1. The average Bonchev–Trinajstić information content (AvgIpc) is 2.63. The van der Waals surface area contributed by atoms with Crippen molar-refractivity contribution >= 4 is 21.9 Å². The number of carboxylic acids is 1. The number of hydrogen-bond acceptors (Lipinski definition) is 4. The lowest BCUT2D eigenvalue weighted by atomic mass is 10.0. The molecular formula is C22H28BrNO4. The number of benzene rings is 2. The fraction of sp³-hybridized carbons (Fsp3) is 0.409. The zero-order valence-electron chi connectivity index (χ0n) is 16.8. The summed E-state index contributed by atoms with van der Waals surface area (Å²) in [6, 6.07) is 11.3. The van der Waals surface area contributed by atoms with E-state index in [1.807, 2.05) is 51.1 Å². The van der Waals surface area contributed by atoms with Gasteiger partial charge in [-0.1, -0.05) is 54.0 Å². The first kappa shape index (κ1) is 22.2. The van der Waals surface area contributed by atoms with Crippen LogP contribution < -0.4 is 14.8 Å². The van der Waals surface area contributed by atoms with E-state index in [-0.39, 0.29) is 5.92 Å². The SMILES string of the molecule is CCOc1cc(CNC(C(=O)O)C(C)C)c(Br)cc1OCc1ccccc1C. The second-order valence-corrected chi connectivity index (χ2v) is 7.83. The second kappa shape index (κ2) is 10.5. The predicted molar refractivity (Wildman–Crippen MR) is 114 cm³/mol. The molecule has 0 saturated heterocycles. The maximum absolute atomic E-state index is 11.4. The minimum atomic E-state index is -0.852. The van der Waals surface area contributed by atoms with Crippen LogP contribution in [0, 0.1) is 12.8 Å². The molecule has 2 aromatic carbocycles. The fourth-order valence-corrected chi connectivity index (χ4v) is 3.31. The van der Waals surface area contributed by atoms with Crippen LogP contribution in [0.5, 0.6) is 11.5 Å². The maximum Gasteiger partial charge on any atom is 0.320 e. The summed E-state index contributed by atoms with van der Waals surface area (Å²) < 4.78 is 12.6. The van der Waals surface area contributed by atoms with E-state index in [0.717, 1.165) is 15.6 Å². The van der Waals surface area contributed by atoms with Gasteiger partial charge in [-0.05, 0) is 48.6 Å². The third kappa shape index (κ3) is 5.97. The Bertz CT molecular complexity index is 807. The van der Waals surface area contributed by atoms with Crippen molar-refractivity contribution < 1.29 is 19.4 Å². The maximum atomic E-state index is 11.4. The van der Waals surface area contributed by atoms with Crippen molar-refractivity contribution in [1.82, 2.24) is 5.32 Å². The minimum absolute atomic E-state index is 0.0145. The fourth-order valence-electron chi connectivity index (χ4n) is 2.85. The van der Waals surface area contributed by atoms with Gasteiger partial charge in [0.05, 0.1) is 6.61 Å². The van der Waals surface area contributed by atoms with Crippen LogP contribution in [0.1, 0.15) is 37.5 Å². The van der Waals surface area contributed by atoms with E-state index in [4.69, 9.17) is 9.47 Å². The normalized spacial score (nSPS) is 12.1. The van der Waals surface area contributed by atoms with Crippen molar-refractivity contribution in [3.63, 3.8) is 0 Å². The highest BCUT2D eigenvalue weighted by Crippen LogP contribution is 2.34. The van der Waals surface area contributed by atoms with Crippen molar-refractivity contribution in [2.24, 2.45) is 5.92 Å². The molecule has 2 rings (SSSR count). The number of nitrogens with one attached hydrogen (secondary N) is 1. The van der Waals surface area contributed by atoms with Gasteiger partial charge in [0.25, 0.3) is 0 Å². The van der Waals surface area contributed by atoms with Gasteiger partial charge in [-0.3, -0.25) is 4.79 Å². The largest absolute Gasteiger partial charge is 0.490 e. The van der Waals surface area contributed by atoms with Gasteiger partial charge < -0.3 is 19.9 Å². The van der Waals surface area contributed by atoms with Gasteiger partial charge >= 0.3 is 5.97 Å². The number of rotatable bonds is 10. The molecule has 1 atom stereocenters. The van der Waals surface area contributed by atoms with E-state index >= 15 is 0 Å². The summed E-state index contributed by atoms with van der Waals surface area (Å²) in [4.78, 5) is 11.4. The van der Waals surface area contributed by atoms with Crippen LogP contribution in [0.2, 0.25) is 0 Å². The Morgan fingerprint density at radius 1 is 1.14 bits per heavy atom. The van der Waals surface area contributed by atoms with Crippen molar-refractivity contribution in [1.29, 1.82) is 0 Å². The van der Waals surface area contributed by atoms with Crippen LogP contribution in [0.15, 0.2) is 40.9 Å². The highest BCUT2D eigenvalue weighted by atomic mass is 79.9. The molecule has 0 radical (unpaired) electrons. The number of carbonyl (C=O) groups is 1. The van der Waals surface area contributed by atoms with Crippen LogP contribution in [0.3, 0.4) is 0 Å². The van der Waals surface area contributed by atoms with E-state index < -0.39 is 12.0 Å². The summed E-state index contributed by atoms with van der Waals surface area (Å²) >= 11 is 3.57. The first-order chi connectivity index (χ1) is 13.3. The van der Waals surface area contributed by atoms with Crippen molar-refractivity contribution in [3.05, 3.63) is 57.6 Å². The molecular weight excluding hydrogens is 422 g/mol. The van der Waals surface area contributed by atoms with Gasteiger partial charge in [-0.15, -0.1) is 0 Å². The second-order valence-electron chi connectivity index (χ2n) is 6.98. The molecule has 1 unspecified atom stereocenters. The van der Waals surface area contributed by atoms with Gasteiger partial charge in [0.2, 0.25) is 0 Å². The van der Waals surface area contributed by atoms with Crippen LogP contribution in [-0.2, 0) is 17.9 Å². The average molecular weight is 450 g/mol. The molecule has 5 nitrogen and oxygen atoms in total. The number of ether oxygens (including phenoxy) is 2. The Kier molecular flexibility index (Phi) is 8.33. The quantitative estimate of drug-likeness (QED) is 0.537. The van der Waals surface area contributed by atoms with Crippen LogP contribution in [0.4, 0.5) is 0 Å². The summed E-state index contributed by atoms with van der Waals surface area (Å²) in [5.74, 6) is 0.431. The minimum Gasteiger partial charge on any atom is -0.490 e. The third-order valence-corrected chi connectivity index (χ3v) is 5.24. The molecule has 0 spiro atoms. The number of halogens is 1. The molecule has 6 heteroatoms. The number of carboxylic acid groups (broad SMARTS) is 1. The Morgan fingerprint density at radius 3 is 2.43 bits per heavy atom. The standard InChI is InChI=1S/C22H28BrNO4/c1-5-27-19-10-17(12-24-21(14(2)3)22(25)26)18(23)11-20(19)28-13-16-9-7-6-8-15(16)4/h6-11,14,21,24H,5,12-13H2,1-4H3,(H,25,26). The monoisotopic (exact) mass is 449 g/mol. The van der Waals surface area contributed by atoms with Crippen LogP contribution in [0.25, 0.3) is 0 Å². The molecule has 0 aromatic heterocycles. The lowest BCUT2D eigenvalue weighted by molar-refractivity contribution is -0.140. The summed E-state index contributed by atoms with van der Waals surface area (Å²) in [7, 11) is 0. The molecule has 0 saturated carbocycles. The smallest absolute Gasteiger partial charge is 0.320 e. The molecule has 0 aliphatic carbocycles. The van der Waals surface area contributed by atoms with Crippen molar-refractivity contribution in [3.8, 4) is 11.5 Å². The lowest BCUT2D eigenvalue weighted by Gasteiger charge is -2.20. The topological polar surface area (TPSA) is 67.8 Å². The Hall–Kier alpha value is -2.05. The molecule has 0 amide bonds. The summed E-state index contributed by atoms with van der Waals surface area (Å²) in [5, 5.41) is 12.5. The molecule has 2 N–H and O–H groups in total. The third-order valence-electron chi connectivity index (χ3n) is 4.50. The van der Waals surface area contributed by atoms with Gasteiger partial charge in [0.1, 0.15) is 12.6 Å². The van der Waals surface area contributed by atoms with Gasteiger partial charge in [0.15, 0.2) is 11.5 Å². The molecule has 0 aliphatic heterocycles. The van der Waals surface area contributed by atoms with Crippen LogP contribution >= 0.6 is 15.9 Å². The molecule has 0 heterocycles. The molecule has 0 fully saturated rings. The Balaban J connectivity index is 2.18. The molecule has 28 heavy (non-hydrogen) atoms. The van der Waals surface area contributed by atoms with Gasteiger partial charge in [-0.25, -0.2) is 0 Å². The van der Waals surface area contributed by atoms with E-state index in [2.05, 4.69) is 34.2 Å². The van der Waals surface area contributed by atoms with E-state index in [9.17, 15) is 9.90 Å². The predicted octanol–water partition coefficient (Wildman–Crippen LogP) is 4.93. The Morgan fingerprint density at radius 2 is 1.82 bits per heavy atom. The Labute approximate surface area is 175 Å². The zero-order valence-corrected chi connectivity index (χ0v) is 18.4. The first-order valence-corrected chi connectivity index (χ1v) is 10.2. The molecule has 2 aromatic rings. The molecule has 0 bridgehead atoms.